The topological polar surface area (TPSA) is 105 Å². The standard InChI is InChI=1S/C23H28ClN3O6S/c1-15(22(28)26-9-10-33-19(13-26)14-32-2)27-8-7-21(23(27)29)25-34(30,31)20-6-4-16-11-18(24)5-3-17(16)12-20/h3-6,11-12,15,19,21,25H,7-10,13-14H2,1-2H3. The summed E-state index contributed by atoms with van der Waals surface area (Å²) in [7, 11) is -2.36. The van der Waals surface area contributed by atoms with Crippen LogP contribution < -0.4 is 4.72 Å². The van der Waals surface area contributed by atoms with Gasteiger partial charge in [0.05, 0.1) is 24.2 Å². The van der Waals surface area contributed by atoms with Crippen molar-refractivity contribution in [3.05, 3.63) is 41.4 Å². The number of nitrogens with zero attached hydrogens (tertiary/aromatic N) is 2. The van der Waals surface area contributed by atoms with Crippen LogP contribution in [-0.2, 0) is 29.1 Å². The van der Waals surface area contributed by atoms with Crippen LogP contribution in [-0.4, -0.2) is 88.2 Å². The average molecular weight is 510 g/mol. The van der Waals surface area contributed by atoms with E-state index in [1.165, 1.54) is 11.0 Å². The Morgan fingerprint density at radius 2 is 1.97 bits per heavy atom. The number of rotatable bonds is 7. The summed E-state index contributed by atoms with van der Waals surface area (Å²) >= 11 is 6.00. The number of likely N-dealkylation sites (tertiary alicyclic amines) is 1. The highest BCUT2D eigenvalue weighted by Gasteiger charge is 2.40. The molecular formula is C23H28ClN3O6S. The van der Waals surface area contributed by atoms with Crippen molar-refractivity contribution in [1.29, 1.82) is 0 Å². The molecule has 0 aromatic heterocycles. The Kier molecular flexibility index (Phi) is 7.44. The number of ether oxygens (including phenoxy) is 2. The lowest BCUT2D eigenvalue weighted by molar-refractivity contribution is -0.149. The van der Waals surface area contributed by atoms with Gasteiger partial charge in [0, 0.05) is 31.8 Å². The molecule has 0 bridgehead atoms. The number of carbonyl (C=O) groups excluding carboxylic acids is 2. The Morgan fingerprint density at radius 1 is 1.24 bits per heavy atom. The van der Waals surface area contributed by atoms with Gasteiger partial charge in [-0.25, -0.2) is 8.42 Å². The SMILES string of the molecule is COCC1CN(C(=O)C(C)N2CCC(NS(=O)(=O)c3ccc4cc(Cl)ccc4c3)C2=O)CCO1. The number of hydrogen-bond donors (Lipinski definition) is 1. The summed E-state index contributed by atoms with van der Waals surface area (Å²) in [5.41, 5.74) is 0. The van der Waals surface area contributed by atoms with E-state index in [1.807, 2.05) is 0 Å². The van der Waals surface area contributed by atoms with E-state index in [0.717, 1.165) is 10.8 Å². The van der Waals surface area contributed by atoms with Crippen molar-refractivity contribution >= 4 is 44.2 Å². The number of fused-ring (bicyclic) bond motifs is 1. The first-order valence-corrected chi connectivity index (χ1v) is 13.0. The van der Waals surface area contributed by atoms with Crippen molar-refractivity contribution in [2.45, 2.75) is 36.4 Å². The molecule has 1 N–H and O–H groups in total. The molecule has 0 saturated carbocycles. The predicted molar refractivity (Wildman–Crippen MR) is 127 cm³/mol. The molecule has 34 heavy (non-hydrogen) atoms. The van der Waals surface area contributed by atoms with Crippen LogP contribution in [0, 0.1) is 0 Å². The van der Waals surface area contributed by atoms with Crippen molar-refractivity contribution in [2.75, 3.05) is 40.0 Å². The molecule has 9 nitrogen and oxygen atoms in total. The molecule has 4 rings (SSSR count). The largest absolute Gasteiger partial charge is 0.382 e. The molecule has 11 heteroatoms. The molecule has 2 heterocycles. The van der Waals surface area contributed by atoms with Crippen LogP contribution in [0.2, 0.25) is 5.02 Å². The van der Waals surface area contributed by atoms with Gasteiger partial charge >= 0.3 is 0 Å². The maximum absolute atomic E-state index is 13.0. The number of carbonyl (C=O) groups is 2. The third kappa shape index (κ3) is 5.21. The molecule has 3 unspecified atom stereocenters. The highest BCUT2D eigenvalue weighted by molar-refractivity contribution is 7.89. The highest BCUT2D eigenvalue weighted by atomic mass is 35.5. The van der Waals surface area contributed by atoms with Crippen LogP contribution in [0.4, 0.5) is 0 Å². The first-order chi connectivity index (χ1) is 16.2. The van der Waals surface area contributed by atoms with Crippen LogP contribution in [0.15, 0.2) is 41.3 Å². The Bertz CT molecular complexity index is 1190. The summed E-state index contributed by atoms with van der Waals surface area (Å²) in [6, 6.07) is 8.28. The van der Waals surface area contributed by atoms with Crippen LogP contribution in [0.3, 0.4) is 0 Å². The maximum Gasteiger partial charge on any atom is 0.245 e. The van der Waals surface area contributed by atoms with Crippen LogP contribution >= 0.6 is 11.6 Å². The van der Waals surface area contributed by atoms with Gasteiger partial charge in [0.15, 0.2) is 0 Å². The number of methoxy groups -OCH3 is 1. The lowest BCUT2D eigenvalue weighted by atomic mass is 10.1. The molecule has 2 aromatic carbocycles. The third-order valence-corrected chi connectivity index (χ3v) is 7.95. The minimum Gasteiger partial charge on any atom is -0.382 e. The quantitative estimate of drug-likeness (QED) is 0.608. The molecule has 184 valence electrons. The number of morpholine rings is 1. The molecule has 0 radical (unpaired) electrons. The highest BCUT2D eigenvalue weighted by Crippen LogP contribution is 2.24. The molecule has 2 saturated heterocycles. The van der Waals surface area contributed by atoms with E-state index in [9.17, 15) is 18.0 Å². The molecule has 0 aliphatic carbocycles. The van der Waals surface area contributed by atoms with E-state index in [2.05, 4.69) is 4.72 Å². The van der Waals surface area contributed by atoms with E-state index in [4.69, 9.17) is 21.1 Å². The smallest absolute Gasteiger partial charge is 0.245 e. The van der Waals surface area contributed by atoms with Crippen LogP contribution in [0.5, 0.6) is 0 Å². The van der Waals surface area contributed by atoms with Gasteiger partial charge in [0.25, 0.3) is 0 Å². The molecular weight excluding hydrogens is 482 g/mol. The van der Waals surface area contributed by atoms with Gasteiger partial charge in [-0.1, -0.05) is 23.7 Å². The zero-order valence-corrected chi connectivity index (χ0v) is 20.6. The lowest BCUT2D eigenvalue weighted by Crippen LogP contribution is -2.54. The molecule has 2 fully saturated rings. The van der Waals surface area contributed by atoms with Gasteiger partial charge in [0.2, 0.25) is 21.8 Å². The van der Waals surface area contributed by atoms with Gasteiger partial charge in [-0.15, -0.1) is 0 Å². The Morgan fingerprint density at radius 3 is 2.74 bits per heavy atom. The number of sulfonamides is 1. The second-order valence-electron chi connectivity index (χ2n) is 8.56. The van der Waals surface area contributed by atoms with E-state index >= 15 is 0 Å². The monoisotopic (exact) mass is 509 g/mol. The van der Waals surface area contributed by atoms with Gasteiger partial charge in [-0.3, -0.25) is 9.59 Å². The van der Waals surface area contributed by atoms with Gasteiger partial charge < -0.3 is 19.3 Å². The van der Waals surface area contributed by atoms with Gasteiger partial charge in [-0.05, 0) is 48.4 Å². The fourth-order valence-corrected chi connectivity index (χ4v) is 5.86. The zero-order valence-electron chi connectivity index (χ0n) is 19.1. The minimum atomic E-state index is -3.94. The van der Waals surface area contributed by atoms with E-state index in [1.54, 1.807) is 49.3 Å². The summed E-state index contributed by atoms with van der Waals surface area (Å²) < 4.78 is 39.2. The van der Waals surface area contributed by atoms with Crippen molar-refractivity contribution in [3.8, 4) is 0 Å². The van der Waals surface area contributed by atoms with Crippen molar-refractivity contribution < 1.29 is 27.5 Å². The fraction of sp³-hybridized carbons (Fsp3) is 0.478. The van der Waals surface area contributed by atoms with Crippen LogP contribution in [0.1, 0.15) is 13.3 Å². The number of halogens is 1. The molecule has 2 aromatic rings. The van der Waals surface area contributed by atoms with E-state index in [-0.39, 0.29) is 23.3 Å². The van der Waals surface area contributed by atoms with Crippen molar-refractivity contribution in [1.82, 2.24) is 14.5 Å². The summed E-state index contributed by atoms with van der Waals surface area (Å²) in [4.78, 5) is 29.2. The van der Waals surface area contributed by atoms with Gasteiger partial charge in [-0.2, -0.15) is 4.72 Å². The second-order valence-corrected chi connectivity index (χ2v) is 10.7. The third-order valence-electron chi connectivity index (χ3n) is 6.25. The summed E-state index contributed by atoms with van der Waals surface area (Å²) in [5.74, 6) is -0.590. The Labute approximate surface area is 204 Å². The average Bonchev–Trinajstić information content (AvgIpc) is 3.17. The van der Waals surface area contributed by atoms with Gasteiger partial charge in [0.1, 0.15) is 12.1 Å². The molecule has 2 aliphatic heterocycles. The number of nitrogens with one attached hydrogen (secondary N) is 1. The fourth-order valence-electron chi connectivity index (χ4n) is 4.42. The first kappa shape index (κ1) is 24.9. The van der Waals surface area contributed by atoms with Crippen molar-refractivity contribution in [3.63, 3.8) is 0 Å². The first-order valence-electron chi connectivity index (χ1n) is 11.1. The van der Waals surface area contributed by atoms with Crippen LogP contribution in [0.25, 0.3) is 10.8 Å². The molecule has 3 atom stereocenters. The summed E-state index contributed by atoms with van der Waals surface area (Å²) in [6.07, 6.45) is 0.0793. The zero-order chi connectivity index (χ0) is 24.5. The molecule has 2 aliphatic rings. The molecule has 0 spiro atoms. The number of benzene rings is 2. The lowest BCUT2D eigenvalue weighted by Gasteiger charge is -2.36. The van der Waals surface area contributed by atoms with Crippen molar-refractivity contribution in [2.24, 2.45) is 0 Å². The summed E-state index contributed by atoms with van der Waals surface area (Å²) in [6.45, 7) is 3.58. The van der Waals surface area contributed by atoms with E-state index < -0.39 is 28.0 Å². The Balaban J connectivity index is 1.42. The Hall–Kier alpha value is -2.24. The molecule has 2 amide bonds. The summed E-state index contributed by atoms with van der Waals surface area (Å²) in [5, 5.41) is 2.11. The predicted octanol–water partition coefficient (Wildman–Crippen LogP) is 1.63. The second kappa shape index (κ2) is 10.2. The maximum atomic E-state index is 13.0. The normalized spacial score (nSPS) is 22.4. The number of hydrogen-bond acceptors (Lipinski definition) is 6. The minimum absolute atomic E-state index is 0.0650. The van der Waals surface area contributed by atoms with E-state index in [0.29, 0.717) is 37.9 Å². The number of amides is 2.